The van der Waals surface area contributed by atoms with Crippen molar-refractivity contribution in [2.45, 2.75) is 32.6 Å². The molecule has 0 bridgehead atoms. The highest BCUT2D eigenvalue weighted by Gasteiger charge is 2.13. The third kappa shape index (κ3) is 7.48. The zero-order valence-corrected chi connectivity index (χ0v) is 16.9. The zero-order chi connectivity index (χ0) is 18.6. The van der Waals surface area contributed by atoms with Crippen molar-refractivity contribution in [2.75, 3.05) is 25.0 Å². The van der Waals surface area contributed by atoms with Crippen molar-refractivity contribution >= 4 is 27.6 Å². The van der Waals surface area contributed by atoms with E-state index >= 15 is 0 Å². The van der Waals surface area contributed by atoms with E-state index in [0.717, 1.165) is 35.3 Å². The summed E-state index contributed by atoms with van der Waals surface area (Å²) in [4.78, 5) is 14.5. The summed E-state index contributed by atoms with van der Waals surface area (Å²) in [5, 5.41) is 2.97. The number of nitrogens with zero attached hydrogens (tertiary/aromatic N) is 1. The highest BCUT2D eigenvalue weighted by molar-refractivity contribution is 9.10. The lowest BCUT2D eigenvalue weighted by Crippen LogP contribution is -2.38. The quantitative estimate of drug-likeness (QED) is 0.484. The Hall–Kier alpha value is -2.01. The van der Waals surface area contributed by atoms with Gasteiger partial charge in [0.15, 0.2) is 0 Å². The molecule has 0 aliphatic carbocycles. The van der Waals surface area contributed by atoms with Gasteiger partial charge in [0.25, 0.3) is 0 Å². The number of urea groups is 1. The molecule has 0 saturated heterocycles. The molecule has 2 aromatic carbocycles. The van der Waals surface area contributed by atoms with Gasteiger partial charge in [0, 0.05) is 16.7 Å². The molecule has 4 nitrogen and oxygen atoms in total. The maximum Gasteiger partial charge on any atom is 0.321 e. The molecule has 0 aromatic heterocycles. The van der Waals surface area contributed by atoms with E-state index in [1.165, 1.54) is 12.8 Å². The van der Waals surface area contributed by atoms with E-state index in [-0.39, 0.29) is 6.03 Å². The predicted octanol–water partition coefficient (Wildman–Crippen LogP) is 5.94. The largest absolute Gasteiger partial charge is 0.492 e. The van der Waals surface area contributed by atoms with E-state index in [4.69, 9.17) is 4.74 Å². The summed E-state index contributed by atoms with van der Waals surface area (Å²) in [5.41, 5.74) is 0.792. The Morgan fingerprint density at radius 1 is 1.00 bits per heavy atom. The van der Waals surface area contributed by atoms with Crippen LogP contribution in [-0.4, -0.2) is 30.6 Å². The molecule has 0 fully saturated rings. The van der Waals surface area contributed by atoms with Crippen molar-refractivity contribution in [1.82, 2.24) is 4.90 Å². The number of para-hydroxylation sites is 1. The summed E-state index contributed by atoms with van der Waals surface area (Å²) in [6, 6.07) is 17.2. The molecule has 0 spiro atoms. The second-order valence-corrected chi connectivity index (χ2v) is 7.06. The standard InChI is InChI=1S/C21H27BrN2O2/c1-2-3-4-8-15-24(16-17-26-20-9-6-5-7-10-20)21(25)23-19-13-11-18(22)12-14-19/h5-7,9-14H,2-4,8,15-17H2,1H3,(H,23,25). The Labute approximate surface area is 164 Å². The molecule has 0 unspecified atom stereocenters. The number of nitrogens with one attached hydrogen (secondary N) is 1. The van der Waals surface area contributed by atoms with Crippen LogP contribution in [0.2, 0.25) is 0 Å². The van der Waals surface area contributed by atoms with Gasteiger partial charge in [0.05, 0.1) is 6.54 Å². The zero-order valence-electron chi connectivity index (χ0n) is 15.3. The number of rotatable bonds is 10. The SMILES string of the molecule is CCCCCCN(CCOc1ccccc1)C(=O)Nc1ccc(Br)cc1. The van der Waals surface area contributed by atoms with Crippen molar-refractivity contribution in [2.24, 2.45) is 0 Å². The molecule has 5 heteroatoms. The van der Waals surface area contributed by atoms with Crippen LogP contribution in [0.5, 0.6) is 5.75 Å². The highest BCUT2D eigenvalue weighted by Crippen LogP contribution is 2.15. The van der Waals surface area contributed by atoms with Gasteiger partial charge in [-0.2, -0.15) is 0 Å². The van der Waals surface area contributed by atoms with Crippen LogP contribution in [0.25, 0.3) is 0 Å². The molecule has 0 atom stereocenters. The fraction of sp³-hybridized carbons (Fsp3) is 0.381. The van der Waals surface area contributed by atoms with Crippen molar-refractivity contribution in [3.05, 3.63) is 59.1 Å². The summed E-state index contributed by atoms with van der Waals surface area (Å²) in [7, 11) is 0. The molecule has 2 rings (SSSR count). The molecular formula is C21H27BrN2O2. The highest BCUT2D eigenvalue weighted by atomic mass is 79.9. The number of hydrogen-bond donors (Lipinski definition) is 1. The van der Waals surface area contributed by atoms with E-state index in [1.807, 2.05) is 59.5 Å². The van der Waals surface area contributed by atoms with Crippen LogP contribution >= 0.6 is 15.9 Å². The summed E-state index contributed by atoms with van der Waals surface area (Å²) in [5.74, 6) is 0.826. The van der Waals surface area contributed by atoms with E-state index in [9.17, 15) is 4.79 Å². The summed E-state index contributed by atoms with van der Waals surface area (Å²) < 4.78 is 6.74. The molecule has 0 heterocycles. The number of hydrogen-bond acceptors (Lipinski definition) is 2. The molecule has 26 heavy (non-hydrogen) atoms. The fourth-order valence-corrected chi connectivity index (χ4v) is 2.83. The molecule has 0 radical (unpaired) electrons. The number of carbonyl (C=O) groups excluding carboxylic acids is 1. The maximum absolute atomic E-state index is 12.7. The van der Waals surface area contributed by atoms with Gasteiger partial charge >= 0.3 is 6.03 Å². The third-order valence-corrected chi connectivity index (χ3v) is 4.57. The van der Waals surface area contributed by atoms with Gasteiger partial charge in [0.1, 0.15) is 12.4 Å². The Morgan fingerprint density at radius 3 is 2.42 bits per heavy atom. The first-order valence-corrected chi connectivity index (χ1v) is 9.97. The van der Waals surface area contributed by atoms with E-state index in [1.54, 1.807) is 0 Å². The number of carbonyl (C=O) groups is 1. The molecule has 0 aliphatic heterocycles. The number of unbranched alkanes of at least 4 members (excludes halogenated alkanes) is 3. The molecule has 0 aliphatic rings. The van der Waals surface area contributed by atoms with E-state index in [0.29, 0.717) is 13.2 Å². The Balaban J connectivity index is 1.88. The van der Waals surface area contributed by atoms with Gasteiger partial charge in [-0.3, -0.25) is 0 Å². The van der Waals surface area contributed by atoms with Crippen LogP contribution in [-0.2, 0) is 0 Å². The van der Waals surface area contributed by atoms with Gasteiger partial charge in [-0.1, -0.05) is 60.3 Å². The van der Waals surface area contributed by atoms with E-state index in [2.05, 4.69) is 28.2 Å². The lowest BCUT2D eigenvalue weighted by atomic mass is 10.2. The Bertz CT molecular complexity index is 647. The number of ether oxygens (including phenoxy) is 1. The normalized spacial score (nSPS) is 10.4. The number of anilines is 1. The van der Waals surface area contributed by atoms with Gasteiger partial charge in [-0.15, -0.1) is 0 Å². The van der Waals surface area contributed by atoms with Crippen LogP contribution in [0.1, 0.15) is 32.6 Å². The van der Waals surface area contributed by atoms with Crippen LogP contribution in [0.4, 0.5) is 10.5 Å². The number of benzene rings is 2. The van der Waals surface area contributed by atoms with Gasteiger partial charge in [-0.05, 0) is 42.8 Å². The average Bonchev–Trinajstić information content (AvgIpc) is 2.66. The minimum absolute atomic E-state index is 0.0829. The van der Waals surface area contributed by atoms with Crippen LogP contribution in [0.3, 0.4) is 0 Å². The lowest BCUT2D eigenvalue weighted by molar-refractivity contribution is 0.193. The van der Waals surface area contributed by atoms with Crippen molar-refractivity contribution < 1.29 is 9.53 Å². The van der Waals surface area contributed by atoms with Crippen LogP contribution in [0, 0.1) is 0 Å². The smallest absolute Gasteiger partial charge is 0.321 e. The average molecular weight is 419 g/mol. The topological polar surface area (TPSA) is 41.6 Å². The first-order valence-electron chi connectivity index (χ1n) is 9.18. The van der Waals surface area contributed by atoms with Crippen LogP contribution < -0.4 is 10.1 Å². The summed E-state index contributed by atoms with van der Waals surface area (Å²) >= 11 is 3.41. The molecule has 2 aromatic rings. The van der Waals surface area contributed by atoms with Crippen molar-refractivity contribution in [3.8, 4) is 5.75 Å². The Morgan fingerprint density at radius 2 is 1.73 bits per heavy atom. The summed E-state index contributed by atoms with van der Waals surface area (Å²) in [6.45, 7) is 3.96. The van der Waals surface area contributed by atoms with Crippen molar-refractivity contribution in [1.29, 1.82) is 0 Å². The monoisotopic (exact) mass is 418 g/mol. The molecule has 0 saturated carbocycles. The molecular weight excluding hydrogens is 392 g/mol. The third-order valence-electron chi connectivity index (χ3n) is 4.04. The molecule has 140 valence electrons. The van der Waals surface area contributed by atoms with Gasteiger partial charge < -0.3 is 15.0 Å². The fourth-order valence-electron chi connectivity index (χ4n) is 2.57. The number of amides is 2. The Kier molecular flexibility index (Phi) is 9.04. The molecule has 1 N–H and O–H groups in total. The predicted molar refractivity (Wildman–Crippen MR) is 111 cm³/mol. The second kappa shape index (κ2) is 11.6. The lowest BCUT2D eigenvalue weighted by Gasteiger charge is -2.23. The number of halogens is 1. The van der Waals surface area contributed by atoms with Gasteiger partial charge in [-0.25, -0.2) is 4.79 Å². The minimum Gasteiger partial charge on any atom is -0.492 e. The van der Waals surface area contributed by atoms with E-state index < -0.39 is 0 Å². The first kappa shape index (κ1) is 20.3. The van der Waals surface area contributed by atoms with Crippen LogP contribution in [0.15, 0.2) is 59.1 Å². The van der Waals surface area contributed by atoms with Crippen molar-refractivity contribution in [3.63, 3.8) is 0 Å². The first-order chi connectivity index (χ1) is 12.7. The summed E-state index contributed by atoms with van der Waals surface area (Å²) in [6.07, 6.45) is 4.52. The molecule has 2 amide bonds. The van der Waals surface area contributed by atoms with Gasteiger partial charge in [0.2, 0.25) is 0 Å². The minimum atomic E-state index is -0.0829. The maximum atomic E-state index is 12.7. The second-order valence-electron chi connectivity index (χ2n) is 6.15.